The average Bonchev–Trinajstić information content (AvgIpc) is 2.29. The molecule has 1 aliphatic rings. The largest absolute Gasteiger partial charge is 0.481 e. The van der Waals surface area contributed by atoms with Crippen LogP contribution in [0.25, 0.3) is 0 Å². The third-order valence-corrected chi connectivity index (χ3v) is 2.42. The van der Waals surface area contributed by atoms with E-state index < -0.39 is 24.2 Å². The smallest absolute Gasteiger partial charge is 0.308 e. The SMILES string of the molecule is CN1CC(CC(F)F)C(C(=O)O)C1. The van der Waals surface area contributed by atoms with Gasteiger partial charge in [0.05, 0.1) is 5.92 Å². The molecular formula is C8H13F2NO2. The van der Waals surface area contributed by atoms with Crippen LogP contribution in [-0.4, -0.2) is 42.5 Å². The van der Waals surface area contributed by atoms with Gasteiger partial charge in [0, 0.05) is 19.5 Å². The maximum absolute atomic E-state index is 12.0. The van der Waals surface area contributed by atoms with Gasteiger partial charge in [0.25, 0.3) is 0 Å². The van der Waals surface area contributed by atoms with E-state index in [2.05, 4.69) is 0 Å². The zero-order chi connectivity index (χ0) is 10.0. The zero-order valence-electron chi connectivity index (χ0n) is 7.41. The summed E-state index contributed by atoms with van der Waals surface area (Å²) in [5.74, 6) is -1.99. The number of carboxylic acid groups (broad SMARTS) is 1. The molecule has 1 rings (SSSR count). The Hall–Kier alpha value is -0.710. The average molecular weight is 193 g/mol. The van der Waals surface area contributed by atoms with Crippen molar-refractivity contribution in [1.82, 2.24) is 4.90 Å². The molecule has 3 nitrogen and oxygen atoms in total. The molecule has 2 unspecified atom stereocenters. The Morgan fingerprint density at radius 1 is 1.62 bits per heavy atom. The summed E-state index contributed by atoms with van der Waals surface area (Å²) in [5, 5.41) is 8.74. The zero-order valence-corrected chi connectivity index (χ0v) is 7.41. The van der Waals surface area contributed by atoms with Crippen molar-refractivity contribution >= 4 is 5.97 Å². The molecule has 76 valence electrons. The number of hydrogen-bond donors (Lipinski definition) is 1. The van der Waals surface area contributed by atoms with Crippen LogP contribution in [0.3, 0.4) is 0 Å². The fourth-order valence-electron chi connectivity index (χ4n) is 1.83. The summed E-state index contributed by atoms with van der Waals surface area (Å²) in [4.78, 5) is 12.5. The Morgan fingerprint density at radius 2 is 2.23 bits per heavy atom. The van der Waals surface area contributed by atoms with Crippen LogP contribution >= 0.6 is 0 Å². The first-order valence-corrected chi connectivity index (χ1v) is 4.20. The highest BCUT2D eigenvalue weighted by Gasteiger charge is 2.37. The Bertz CT molecular complexity index is 199. The van der Waals surface area contributed by atoms with Crippen LogP contribution in [0.2, 0.25) is 0 Å². The molecule has 1 aliphatic heterocycles. The second-order valence-corrected chi connectivity index (χ2v) is 3.55. The number of likely N-dealkylation sites (tertiary alicyclic amines) is 1. The lowest BCUT2D eigenvalue weighted by Crippen LogP contribution is -2.23. The summed E-state index contributed by atoms with van der Waals surface area (Å²) < 4.78 is 24.1. The van der Waals surface area contributed by atoms with Gasteiger partial charge in [-0.3, -0.25) is 4.79 Å². The molecule has 0 aromatic carbocycles. The standard InChI is InChI=1S/C8H13F2NO2/c1-11-3-5(2-7(9)10)6(4-11)8(12)13/h5-7H,2-4H2,1H3,(H,12,13). The third-order valence-electron chi connectivity index (χ3n) is 2.42. The van der Waals surface area contributed by atoms with Crippen LogP contribution < -0.4 is 0 Å². The summed E-state index contributed by atoms with van der Waals surface area (Å²) in [6, 6.07) is 0. The molecule has 0 spiro atoms. The van der Waals surface area contributed by atoms with Crippen molar-refractivity contribution in [2.75, 3.05) is 20.1 Å². The van der Waals surface area contributed by atoms with Gasteiger partial charge in [-0.1, -0.05) is 0 Å². The molecular weight excluding hydrogens is 180 g/mol. The lowest BCUT2D eigenvalue weighted by Gasteiger charge is -2.13. The maximum Gasteiger partial charge on any atom is 0.308 e. The Labute approximate surface area is 75.3 Å². The number of carboxylic acids is 1. The van der Waals surface area contributed by atoms with E-state index in [1.807, 2.05) is 0 Å². The highest BCUT2D eigenvalue weighted by molar-refractivity contribution is 5.71. The number of hydrogen-bond acceptors (Lipinski definition) is 2. The molecule has 0 aromatic rings. The fraction of sp³-hybridized carbons (Fsp3) is 0.875. The summed E-state index contributed by atoms with van der Waals surface area (Å²) in [5.41, 5.74) is 0. The number of rotatable bonds is 3. The quantitative estimate of drug-likeness (QED) is 0.724. The van der Waals surface area contributed by atoms with Crippen LogP contribution in [0.5, 0.6) is 0 Å². The van der Waals surface area contributed by atoms with Crippen LogP contribution in [0, 0.1) is 11.8 Å². The van der Waals surface area contributed by atoms with Crippen molar-refractivity contribution in [3.8, 4) is 0 Å². The molecule has 5 heteroatoms. The van der Waals surface area contributed by atoms with E-state index in [0.29, 0.717) is 13.1 Å². The van der Waals surface area contributed by atoms with Gasteiger partial charge in [0.1, 0.15) is 0 Å². The second kappa shape index (κ2) is 4.00. The monoisotopic (exact) mass is 193 g/mol. The first-order valence-electron chi connectivity index (χ1n) is 4.20. The van der Waals surface area contributed by atoms with Crippen molar-refractivity contribution in [2.24, 2.45) is 11.8 Å². The molecule has 1 heterocycles. The number of halogens is 2. The predicted molar refractivity (Wildman–Crippen MR) is 42.7 cm³/mol. The fourth-order valence-corrected chi connectivity index (χ4v) is 1.83. The van der Waals surface area contributed by atoms with Crippen LogP contribution in [0.1, 0.15) is 6.42 Å². The van der Waals surface area contributed by atoms with Crippen molar-refractivity contribution in [3.05, 3.63) is 0 Å². The molecule has 0 aliphatic carbocycles. The van der Waals surface area contributed by atoms with Gasteiger partial charge in [-0.15, -0.1) is 0 Å². The Balaban J connectivity index is 2.55. The minimum absolute atomic E-state index is 0.304. The molecule has 0 amide bonds. The highest BCUT2D eigenvalue weighted by atomic mass is 19.3. The van der Waals surface area contributed by atoms with E-state index in [4.69, 9.17) is 5.11 Å². The van der Waals surface area contributed by atoms with Gasteiger partial charge >= 0.3 is 5.97 Å². The van der Waals surface area contributed by atoms with Crippen LogP contribution in [0.4, 0.5) is 8.78 Å². The minimum atomic E-state index is -2.40. The summed E-state index contributed by atoms with van der Waals surface area (Å²) in [6.07, 6.45) is -2.71. The van der Waals surface area contributed by atoms with E-state index in [9.17, 15) is 13.6 Å². The van der Waals surface area contributed by atoms with E-state index in [-0.39, 0.29) is 6.42 Å². The van der Waals surface area contributed by atoms with E-state index in [1.165, 1.54) is 0 Å². The lowest BCUT2D eigenvalue weighted by molar-refractivity contribution is -0.142. The molecule has 2 atom stereocenters. The van der Waals surface area contributed by atoms with E-state index in [0.717, 1.165) is 0 Å². The first-order chi connectivity index (χ1) is 6.00. The summed E-state index contributed by atoms with van der Waals surface area (Å²) in [6.45, 7) is 0.841. The Morgan fingerprint density at radius 3 is 2.69 bits per heavy atom. The topological polar surface area (TPSA) is 40.5 Å². The predicted octanol–water partition coefficient (Wildman–Crippen LogP) is 0.904. The molecule has 0 bridgehead atoms. The molecule has 13 heavy (non-hydrogen) atoms. The van der Waals surface area contributed by atoms with Gasteiger partial charge in [0.15, 0.2) is 0 Å². The summed E-state index contributed by atoms with van der Waals surface area (Å²) >= 11 is 0. The van der Waals surface area contributed by atoms with Gasteiger partial charge in [-0.25, -0.2) is 8.78 Å². The van der Waals surface area contributed by atoms with Crippen LogP contribution in [-0.2, 0) is 4.79 Å². The molecule has 0 saturated carbocycles. The molecule has 1 N–H and O–H groups in total. The van der Waals surface area contributed by atoms with E-state index in [1.54, 1.807) is 11.9 Å². The first kappa shape index (κ1) is 10.4. The molecule has 0 radical (unpaired) electrons. The van der Waals surface area contributed by atoms with Gasteiger partial charge in [-0.2, -0.15) is 0 Å². The number of carbonyl (C=O) groups is 1. The van der Waals surface area contributed by atoms with Crippen LogP contribution in [0.15, 0.2) is 0 Å². The molecule has 1 fully saturated rings. The molecule has 0 aromatic heterocycles. The van der Waals surface area contributed by atoms with Crippen molar-refractivity contribution in [3.63, 3.8) is 0 Å². The van der Waals surface area contributed by atoms with Gasteiger partial charge in [-0.05, 0) is 13.0 Å². The van der Waals surface area contributed by atoms with E-state index >= 15 is 0 Å². The minimum Gasteiger partial charge on any atom is -0.481 e. The van der Waals surface area contributed by atoms with Gasteiger partial charge < -0.3 is 10.0 Å². The number of aliphatic carboxylic acids is 1. The van der Waals surface area contributed by atoms with Crippen molar-refractivity contribution < 1.29 is 18.7 Å². The second-order valence-electron chi connectivity index (χ2n) is 3.55. The van der Waals surface area contributed by atoms with Gasteiger partial charge in [0.2, 0.25) is 6.43 Å². The van der Waals surface area contributed by atoms with Crippen molar-refractivity contribution in [2.45, 2.75) is 12.8 Å². The summed E-state index contributed by atoms with van der Waals surface area (Å²) in [7, 11) is 1.75. The van der Waals surface area contributed by atoms with Crippen molar-refractivity contribution in [1.29, 1.82) is 0 Å². The maximum atomic E-state index is 12.0. The normalized spacial score (nSPS) is 29.8. The highest BCUT2D eigenvalue weighted by Crippen LogP contribution is 2.27. The number of alkyl halides is 2. The Kier molecular flexibility index (Phi) is 3.19. The third kappa shape index (κ3) is 2.62. The lowest BCUT2D eigenvalue weighted by atomic mass is 9.93. The molecule has 1 saturated heterocycles. The number of nitrogens with zero attached hydrogens (tertiary/aromatic N) is 1.